The van der Waals surface area contributed by atoms with Crippen LogP contribution in [0.25, 0.3) is 11.0 Å². The van der Waals surface area contributed by atoms with Gasteiger partial charge in [-0.2, -0.15) is 18.3 Å². The normalized spacial score (nSPS) is 13.4. The van der Waals surface area contributed by atoms with E-state index in [4.69, 9.17) is 0 Å². The minimum absolute atomic E-state index is 0.0367. The van der Waals surface area contributed by atoms with Crippen LogP contribution < -0.4 is 11.2 Å². The van der Waals surface area contributed by atoms with E-state index < -0.39 is 35.6 Å². The molecule has 0 spiro atoms. The smallest absolute Gasteiger partial charge is 0.390 e. The SMILES string of the molecule is CC(C)[C@@H](c1ccc(C(F)(F)F)cc1)n1nc(CO)c2c(=O)[nH]c(=O)[nH]c21. The van der Waals surface area contributed by atoms with Crippen LogP contribution >= 0.6 is 0 Å². The number of hydrogen-bond donors (Lipinski definition) is 3. The van der Waals surface area contributed by atoms with Gasteiger partial charge in [0.15, 0.2) is 0 Å². The van der Waals surface area contributed by atoms with Crippen molar-refractivity contribution in [2.24, 2.45) is 5.92 Å². The Hall–Kier alpha value is -2.88. The van der Waals surface area contributed by atoms with E-state index in [0.717, 1.165) is 12.1 Å². The van der Waals surface area contributed by atoms with Crippen molar-refractivity contribution in [3.05, 3.63) is 61.9 Å². The van der Waals surface area contributed by atoms with Gasteiger partial charge < -0.3 is 5.11 Å². The van der Waals surface area contributed by atoms with Crippen molar-refractivity contribution in [1.29, 1.82) is 0 Å². The van der Waals surface area contributed by atoms with Crippen LogP contribution in [-0.2, 0) is 12.8 Å². The molecule has 0 radical (unpaired) electrons. The van der Waals surface area contributed by atoms with Crippen LogP contribution in [0.5, 0.6) is 0 Å². The van der Waals surface area contributed by atoms with E-state index in [0.29, 0.717) is 5.56 Å². The molecular formula is C17H17F3N4O3. The van der Waals surface area contributed by atoms with Crippen LogP contribution in [0, 0.1) is 5.92 Å². The van der Waals surface area contributed by atoms with Crippen molar-refractivity contribution in [1.82, 2.24) is 19.7 Å². The molecule has 1 aromatic carbocycles. The van der Waals surface area contributed by atoms with Crippen molar-refractivity contribution in [2.45, 2.75) is 32.7 Å². The lowest BCUT2D eigenvalue weighted by molar-refractivity contribution is -0.137. The number of aromatic nitrogens is 4. The molecule has 0 saturated heterocycles. The van der Waals surface area contributed by atoms with Gasteiger partial charge in [-0.1, -0.05) is 26.0 Å². The highest BCUT2D eigenvalue weighted by Gasteiger charge is 2.31. The van der Waals surface area contributed by atoms with E-state index >= 15 is 0 Å². The van der Waals surface area contributed by atoms with Crippen LogP contribution in [0.4, 0.5) is 13.2 Å². The molecule has 27 heavy (non-hydrogen) atoms. The Morgan fingerprint density at radius 2 is 1.78 bits per heavy atom. The molecule has 0 aliphatic carbocycles. The molecule has 3 N–H and O–H groups in total. The van der Waals surface area contributed by atoms with Gasteiger partial charge in [0.05, 0.1) is 18.2 Å². The van der Waals surface area contributed by atoms with Gasteiger partial charge in [-0.05, 0) is 23.6 Å². The molecule has 2 heterocycles. The first-order chi connectivity index (χ1) is 12.6. The van der Waals surface area contributed by atoms with E-state index in [1.165, 1.54) is 16.8 Å². The van der Waals surface area contributed by atoms with Gasteiger partial charge in [0.25, 0.3) is 5.56 Å². The minimum atomic E-state index is -4.45. The predicted octanol–water partition coefficient (Wildman–Crippen LogP) is 2.17. The number of fused-ring (bicyclic) bond motifs is 1. The molecule has 0 amide bonds. The molecule has 0 unspecified atom stereocenters. The molecule has 2 aromatic heterocycles. The van der Waals surface area contributed by atoms with E-state index in [2.05, 4.69) is 15.1 Å². The van der Waals surface area contributed by atoms with E-state index in [1.54, 1.807) is 0 Å². The molecular weight excluding hydrogens is 365 g/mol. The van der Waals surface area contributed by atoms with Crippen LogP contribution in [0.3, 0.4) is 0 Å². The summed E-state index contributed by atoms with van der Waals surface area (Å²) in [5, 5.41) is 13.8. The molecule has 0 aliphatic heterocycles. The summed E-state index contributed by atoms with van der Waals surface area (Å²) in [6.45, 7) is 3.13. The van der Waals surface area contributed by atoms with Crippen LogP contribution in [0.1, 0.15) is 36.7 Å². The maximum absolute atomic E-state index is 12.8. The number of nitrogens with zero attached hydrogens (tertiary/aromatic N) is 2. The third-order valence-electron chi connectivity index (χ3n) is 4.29. The number of aliphatic hydroxyl groups is 1. The summed E-state index contributed by atoms with van der Waals surface area (Å²) in [5.41, 5.74) is -1.52. The van der Waals surface area contributed by atoms with Crippen molar-refractivity contribution in [3.8, 4) is 0 Å². The van der Waals surface area contributed by atoms with E-state index in [-0.39, 0.29) is 22.6 Å². The minimum Gasteiger partial charge on any atom is -0.390 e. The number of alkyl halides is 3. The average Bonchev–Trinajstić information content (AvgIpc) is 2.93. The number of H-pyrrole nitrogens is 2. The highest BCUT2D eigenvalue weighted by molar-refractivity contribution is 5.77. The molecule has 1 atom stereocenters. The van der Waals surface area contributed by atoms with Gasteiger partial charge in [0, 0.05) is 0 Å². The van der Waals surface area contributed by atoms with Crippen molar-refractivity contribution < 1.29 is 18.3 Å². The fourth-order valence-corrected chi connectivity index (χ4v) is 3.13. The summed E-state index contributed by atoms with van der Waals surface area (Å²) < 4.78 is 39.8. The lowest BCUT2D eigenvalue weighted by atomic mass is 9.95. The Kier molecular flexibility index (Phi) is 4.68. The molecule has 0 aliphatic rings. The second kappa shape index (κ2) is 6.69. The zero-order chi connectivity index (χ0) is 19.9. The summed E-state index contributed by atoms with van der Waals surface area (Å²) in [6.07, 6.45) is -4.45. The van der Waals surface area contributed by atoms with Gasteiger partial charge in [-0.15, -0.1) is 0 Å². The molecule has 144 valence electrons. The number of hydrogen-bond acceptors (Lipinski definition) is 4. The van der Waals surface area contributed by atoms with E-state index in [9.17, 15) is 27.9 Å². The zero-order valence-electron chi connectivity index (χ0n) is 14.5. The molecule has 0 bridgehead atoms. The van der Waals surface area contributed by atoms with Crippen molar-refractivity contribution >= 4 is 11.0 Å². The van der Waals surface area contributed by atoms with E-state index in [1.807, 2.05) is 13.8 Å². The second-order valence-corrected chi connectivity index (χ2v) is 6.49. The number of halogens is 3. The van der Waals surface area contributed by atoms with Gasteiger partial charge in [0.1, 0.15) is 16.7 Å². The highest BCUT2D eigenvalue weighted by Crippen LogP contribution is 2.33. The predicted molar refractivity (Wildman–Crippen MR) is 91.3 cm³/mol. The summed E-state index contributed by atoms with van der Waals surface area (Å²) in [4.78, 5) is 28.4. The van der Waals surface area contributed by atoms with Crippen LogP contribution in [0.15, 0.2) is 33.9 Å². The fraction of sp³-hybridized carbons (Fsp3) is 0.353. The average molecular weight is 382 g/mol. The number of aliphatic hydroxyl groups excluding tert-OH is 1. The summed E-state index contributed by atoms with van der Waals surface area (Å²) in [7, 11) is 0. The van der Waals surface area contributed by atoms with Crippen molar-refractivity contribution in [2.75, 3.05) is 0 Å². The molecule has 7 nitrogen and oxygen atoms in total. The Balaban J connectivity index is 2.22. The van der Waals surface area contributed by atoms with Crippen molar-refractivity contribution in [3.63, 3.8) is 0 Å². The first kappa shape index (κ1) is 18.9. The Morgan fingerprint density at radius 3 is 2.30 bits per heavy atom. The van der Waals surface area contributed by atoms with Gasteiger partial charge in [-0.3, -0.25) is 14.8 Å². The lowest BCUT2D eigenvalue weighted by Gasteiger charge is -2.23. The largest absolute Gasteiger partial charge is 0.416 e. The summed E-state index contributed by atoms with van der Waals surface area (Å²) in [6, 6.07) is 4.06. The Bertz CT molecular complexity index is 1080. The third kappa shape index (κ3) is 3.39. The first-order valence-corrected chi connectivity index (χ1v) is 8.15. The zero-order valence-corrected chi connectivity index (χ0v) is 14.5. The van der Waals surface area contributed by atoms with Gasteiger partial charge in [-0.25, -0.2) is 9.48 Å². The molecule has 0 saturated carbocycles. The summed E-state index contributed by atoms with van der Waals surface area (Å²) >= 11 is 0. The lowest BCUT2D eigenvalue weighted by Crippen LogP contribution is -2.24. The number of rotatable bonds is 4. The van der Waals surface area contributed by atoms with Crippen LogP contribution in [0.2, 0.25) is 0 Å². The monoisotopic (exact) mass is 382 g/mol. The second-order valence-electron chi connectivity index (χ2n) is 6.49. The topological polar surface area (TPSA) is 104 Å². The quantitative estimate of drug-likeness (QED) is 0.643. The fourth-order valence-electron chi connectivity index (χ4n) is 3.13. The Labute approximate surface area is 150 Å². The maximum Gasteiger partial charge on any atom is 0.416 e. The number of benzene rings is 1. The first-order valence-electron chi connectivity index (χ1n) is 8.15. The van der Waals surface area contributed by atoms with Gasteiger partial charge >= 0.3 is 11.9 Å². The molecule has 3 aromatic rings. The summed E-state index contributed by atoms with van der Waals surface area (Å²) in [5.74, 6) is -0.140. The molecule has 3 rings (SSSR count). The third-order valence-corrected chi connectivity index (χ3v) is 4.29. The molecule has 10 heteroatoms. The highest BCUT2D eigenvalue weighted by atomic mass is 19.4. The Morgan fingerprint density at radius 1 is 1.15 bits per heavy atom. The number of aromatic amines is 2. The number of nitrogens with one attached hydrogen (secondary N) is 2. The standard InChI is InChI=1S/C17H17F3N4O3/c1-8(2)13(9-3-5-10(6-4-9)17(18,19)20)24-14-12(11(7-25)23-24)15(26)22-16(27)21-14/h3-6,8,13,25H,7H2,1-2H3,(H2,21,22,26,27)/t13-/m0/s1. The maximum atomic E-state index is 12.8. The van der Waals surface area contributed by atoms with Gasteiger partial charge in [0.2, 0.25) is 0 Å². The van der Waals surface area contributed by atoms with Crippen LogP contribution in [-0.4, -0.2) is 24.9 Å². The molecule has 0 fully saturated rings.